The average molecular weight is 443 g/mol. The van der Waals surface area contributed by atoms with E-state index in [0.29, 0.717) is 29.6 Å². The first-order valence-corrected chi connectivity index (χ1v) is 10.4. The largest absolute Gasteiger partial charge is 0.496 e. The number of nitrogens with one attached hydrogen (secondary N) is 1. The number of carbonyl (C=O) groups excluding carboxylic acids is 1. The van der Waals surface area contributed by atoms with E-state index >= 15 is 0 Å². The molecule has 1 N–H and O–H groups in total. The van der Waals surface area contributed by atoms with Crippen LogP contribution in [0.2, 0.25) is 10.0 Å². The summed E-state index contributed by atoms with van der Waals surface area (Å²) in [6, 6.07) is 20.6. The Morgan fingerprint density at radius 1 is 1.00 bits per heavy atom. The molecule has 0 unspecified atom stereocenters. The molecule has 0 aliphatic heterocycles. The molecule has 2 amide bonds. The molecule has 0 heterocycles. The third-order valence-corrected chi connectivity index (χ3v) is 5.48. The smallest absolute Gasteiger partial charge is 0.322 e. The van der Waals surface area contributed by atoms with Gasteiger partial charge in [-0.3, -0.25) is 0 Å². The zero-order chi connectivity index (χ0) is 21.5. The number of ether oxygens (including phenoxy) is 1. The van der Waals surface area contributed by atoms with Crippen molar-refractivity contribution in [3.05, 3.63) is 93.5 Å². The van der Waals surface area contributed by atoms with Gasteiger partial charge < -0.3 is 15.0 Å². The zero-order valence-corrected chi connectivity index (χ0v) is 18.5. The molecule has 0 aliphatic carbocycles. The highest BCUT2D eigenvalue weighted by Crippen LogP contribution is 2.24. The molecule has 6 heteroatoms. The number of rotatable bonds is 7. The van der Waals surface area contributed by atoms with E-state index in [-0.39, 0.29) is 6.03 Å². The van der Waals surface area contributed by atoms with Crippen molar-refractivity contribution in [2.45, 2.75) is 19.9 Å². The van der Waals surface area contributed by atoms with Crippen LogP contribution >= 0.6 is 23.2 Å². The molecular weight excluding hydrogens is 419 g/mol. The van der Waals surface area contributed by atoms with Gasteiger partial charge in [0.15, 0.2) is 0 Å². The summed E-state index contributed by atoms with van der Waals surface area (Å²) < 4.78 is 5.46. The highest BCUT2D eigenvalue weighted by atomic mass is 35.5. The Morgan fingerprint density at radius 3 is 2.47 bits per heavy atom. The molecule has 0 aromatic heterocycles. The number of hydrogen-bond donors (Lipinski definition) is 1. The van der Waals surface area contributed by atoms with Gasteiger partial charge in [-0.2, -0.15) is 0 Å². The number of para-hydroxylation sites is 2. The van der Waals surface area contributed by atoms with Crippen LogP contribution in [0.1, 0.15) is 16.7 Å². The lowest BCUT2D eigenvalue weighted by molar-refractivity contribution is 0.209. The lowest BCUT2D eigenvalue weighted by Gasteiger charge is -2.25. The van der Waals surface area contributed by atoms with Gasteiger partial charge >= 0.3 is 6.03 Å². The van der Waals surface area contributed by atoms with Crippen LogP contribution in [-0.2, 0) is 13.0 Å². The molecule has 3 aromatic rings. The van der Waals surface area contributed by atoms with Crippen molar-refractivity contribution in [2.75, 3.05) is 19.0 Å². The van der Waals surface area contributed by atoms with Crippen LogP contribution in [0.3, 0.4) is 0 Å². The third-order valence-electron chi connectivity index (χ3n) is 4.89. The molecule has 0 saturated heterocycles. The highest BCUT2D eigenvalue weighted by Gasteiger charge is 2.17. The van der Waals surface area contributed by atoms with Crippen LogP contribution in [0.5, 0.6) is 5.75 Å². The van der Waals surface area contributed by atoms with Crippen molar-refractivity contribution in [3.8, 4) is 5.75 Å². The third kappa shape index (κ3) is 5.68. The van der Waals surface area contributed by atoms with Gasteiger partial charge in [0.25, 0.3) is 0 Å². The maximum absolute atomic E-state index is 13.1. The zero-order valence-electron chi connectivity index (χ0n) is 17.0. The van der Waals surface area contributed by atoms with E-state index in [0.717, 1.165) is 28.1 Å². The Hall–Kier alpha value is -2.69. The molecule has 0 saturated carbocycles. The minimum absolute atomic E-state index is 0.180. The number of methoxy groups -OCH3 is 1. The van der Waals surface area contributed by atoms with E-state index in [4.69, 9.17) is 27.9 Å². The molecule has 3 rings (SSSR count). The second-order valence-electron chi connectivity index (χ2n) is 6.96. The monoisotopic (exact) mass is 442 g/mol. The quantitative estimate of drug-likeness (QED) is 0.448. The van der Waals surface area contributed by atoms with Crippen LogP contribution in [0.4, 0.5) is 10.5 Å². The molecular formula is C24H24Cl2N2O2. The number of hydrogen-bond acceptors (Lipinski definition) is 2. The number of nitrogens with zero attached hydrogens (tertiary/aromatic N) is 1. The first-order valence-electron chi connectivity index (χ1n) is 9.65. The minimum atomic E-state index is -0.180. The molecule has 0 atom stereocenters. The van der Waals surface area contributed by atoms with Gasteiger partial charge in [-0.1, -0.05) is 65.7 Å². The van der Waals surface area contributed by atoms with E-state index < -0.39 is 0 Å². The molecule has 30 heavy (non-hydrogen) atoms. The van der Waals surface area contributed by atoms with Crippen molar-refractivity contribution in [3.63, 3.8) is 0 Å². The first-order chi connectivity index (χ1) is 14.5. The van der Waals surface area contributed by atoms with E-state index in [1.165, 1.54) is 0 Å². The first kappa shape index (κ1) is 22.0. The predicted molar refractivity (Wildman–Crippen MR) is 124 cm³/mol. The van der Waals surface area contributed by atoms with Crippen molar-refractivity contribution < 1.29 is 9.53 Å². The summed E-state index contributed by atoms with van der Waals surface area (Å²) in [4.78, 5) is 14.9. The topological polar surface area (TPSA) is 41.6 Å². The van der Waals surface area contributed by atoms with E-state index in [1.807, 2.05) is 61.5 Å². The molecule has 0 aliphatic rings. The fourth-order valence-electron chi connectivity index (χ4n) is 3.18. The summed E-state index contributed by atoms with van der Waals surface area (Å²) in [7, 11) is 1.63. The van der Waals surface area contributed by atoms with Crippen molar-refractivity contribution in [1.29, 1.82) is 0 Å². The molecule has 0 bridgehead atoms. The lowest BCUT2D eigenvalue weighted by atomic mass is 10.1. The van der Waals surface area contributed by atoms with Gasteiger partial charge in [0.2, 0.25) is 0 Å². The van der Waals surface area contributed by atoms with Gasteiger partial charge in [0.05, 0.1) is 13.7 Å². The molecule has 0 fully saturated rings. The number of amides is 2. The Labute approximate surface area is 187 Å². The molecule has 0 spiro atoms. The maximum atomic E-state index is 13.1. The van der Waals surface area contributed by atoms with Gasteiger partial charge in [-0.15, -0.1) is 0 Å². The van der Waals surface area contributed by atoms with Crippen LogP contribution in [0.15, 0.2) is 66.7 Å². The Bertz CT molecular complexity index is 1020. The summed E-state index contributed by atoms with van der Waals surface area (Å²) in [5, 5.41) is 4.21. The van der Waals surface area contributed by atoms with Crippen molar-refractivity contribution in [2.24, 2.45) is 0 Å². The molecule has 4 nitrogen and oxygen atoms in total. The number of halogens is 2. The maximum Gasteiger partial charge on any atom is 0.322 e. The van der Waals surface area contributed by atoms with Crippen LogP contribution in [0.25, 0.3) is 0 Å². The van der Waals surface area contributed by atoms with Crippen LogP contribution < -0.4 is 10.1 Å². The van der Waals surface area contributed by atoms with Crippen LogP contribution in [-0.4, -0.2) is 24.6 Å². The van der Waals surface area contributed by atoms with Gasteiger partial charge in [0, 0.05) is 27.8 Å². The number of benzene rings is 3. The fraction of sp³-hybridized carbons (Fsp3) is 0.208. The standard InChI is InChI=1S/C24H24Cl2N2O2/c1-17-7-3-5-9-22(17)27-24(29)28(16-19-8-4-6-10-23(19)30-2)14-13-18-11-12-20(25)15-21(18)26/h3-12,15H,13-14,16H2,1-2H3,(H,27,29). The second-order valence-corrected chi connectivity index (χ2v) is 7.81. The van der Waals surface area contributed by atoms with Gasteiger partial charge in [0.1, 0.15) is 5.75 Å². The summed E-state index contributed by atoms with van der Waals surface area (Å²) in [5.41, 5.74) is 3.66. The second kappa shape index (κ2) is 10.4. The Morgan fingerprint density at radius 2 is 1.73 bits per heavy atom. The van der Waals surface area contributed by atoms with Gasteiger partial charge in [-0.25, -0.2) is 4.79 Å². The number of aryl methyl sites for hydroxylation is 1. The predicted octanol–water partition coefficient (Wildman–Crippen LogP) is 6.59. The minimum Gasteiger partial charge on any atom is -0.496 e. The SMILES string of the molecule is COc1ccccc1CN(CCc1ccc(Cl)cc1Cl)C(=O)Nc1ccccc1C. The summed E-state index contributed by atoms with van der Waals surface area (Å²) in [6.07, 6.45) is 0.604. The van der Waals surface area contributed by atoms with Gasteiger partial charge in [-0.05, 0) is 48.7 Å². The number of carbonyl (C=O) groups is 1. The highest BCUT2D eigenvalue weighted by molar-refractivity contribution is 6.35. The van der Waals surface area contributed by atoms with Crippen LogP contribution in [0, 0.1) is 6.92 Å². The molecule has 0 radical (unpaired) electrons. The molecule has 156 valence electrons. The van der Waals surface area contributed by atoms with Crippen molar-refractivity contribution >= 4 is 34.9 Å². The number of urea groups is 1. The summed E-state index contributed by atoms with van der Waals surface area (Å²) in [5.74, 6) is 0.746. The Balaban J connectivity index is 1.81. The van der Waals surface area contributed by atoms with E-state index in [9.17, 15) is 4.79 Å². The van der Waals surface area contributed by atoms with E-state index in [1.54, 1.807) is 24.1 Å². The summed E-state index contributed by atoms with van der Waals surface area (Å²) in [6.45, 7) is 2.86. The van der Waals surface area contributed by atoms with E-state index in [2.05, 4.69) is 5.32 Å². The molecule has 3 aromatic carbocycles. The lowest BCUT2D eigenvalue weighted by Crippen LogP contribution is -2.36. The average Bonchev–Trinajstić information content (AvgIpc) is 2.74. The summed E-state index contributed by atoms with van der Waals surface area (Å²) >= 11 is 12.3. The number of anilines is 1. The van der Waals surface area contributed by atoms with Crippen molar-refractivity contribution in [1.82, 2.24) is 4.90 Å². The normalized spacial score (nSPS) is 10.5. The Kier molecular flexibility index (Phi) is 7.61. The fourth-order valence-corrected chi connectivity index (χ4v) is 3.68.